The van der Waals surface area contributed by atoms with Crippen molar-refractivity contribution in [2.75, 3.05) is 0 Å². The monoisotopic (exact) mass is 267 g/mol. The first kappa shape index (κ1) is 12.6. The van der Waals surface area contributed by atoms with E-state index in [-0.39, 0.29) is 5.75 Å². The Kier molecular flexibility index (Phi) is 3.11. The van der Waals surface area contributed by atoms with Crippen molar-refractivity contribution in [2.24, 2.45) is 0 Å². The van der Waals surface area contributed by atoms with Crippen LogP contribution in [0.25, 0.3) is 22.0 Å². The summed E-state index contributed by atoms with van der Waals surface area (Å²) in [7, 11) is 0. The Morgan fingerprint density at radius 3 is 2.50 bits per heavy atom. The number of nitrogens with zero attached hydrogens (tertiary/aromatic N) is 1. The van der Waals surface area contributed by atoms with Crippen molar-refractivity contribution in [3.05, 3.63) is 60.3 Å². The molecule has 1 unspecified atom stereocenters. The molecule has 100 valence electrons. The molecule has 1 heterocycles. The van der Waals surface area contributed by atoms with E-state index in [0.717, 1.165) is 10.8 Å². The number of aromatic hydroxyl groups is 1. The molecule has 1 N–H and O–H groups in total. The average molecular weight is 267 g/mol. The Balaban J connectivity index is 2.36. The summed E-state index contributed by atoms with van der Waals surface area (Å²) in [4.78, 5) is 4.40. The van der Waals surface area contributed by atoms with Gasteiger partial charge in [-0.25, -0.2) is 9.37 Å². The number of phenols is 1. The molecule has 0 spiro atoms. The standard InChI is InChI=1S/C17H14FNO/c1-11(18)15-10-12-6-2-3-7-13(12)17(19-15)14-8-4-5-9-16(14)20/h2-11,20H,1H3. The highest BCUT2D eigenvalue weighted by atomic mass is 19.1. The van der Waals surface area contributed by atoms with Crippen LogP contribution >= 0.6 is 0 Å². The third-order valence-corrected chi connectivity index (χ3v) is 3.33. The summed E-state index contributed by atoms with van der Waals surface area (Å²) in [5.41, 5.74) is 1.61. The Labute approximate surface area is 116 Å². The number of halogens is 1. The molecule has 3 heteroatoms. The Morgan fingerprint density at radius 2 is 1.75 bits per heavy atom. The lowest BCUT2D eigenvalue weighted by atomic mass is 10.0. The molecule has 0 aliphatic carbocycles. The van der Waals surface area contributed by atoms with Gasteiger partial charge >= 0.3 is 0 Å². The van der Waals surface area contributed by atoms with Gasteiger partial charge in [0.1, 0.15) is 11.9 Å². The van der Waals surface area contributed by atoms with Gasteiger partial charge in [-0.1, -0.05) is 36.4 Å². The second-order valence-corrected chi connectivity index (χ2v) is 4.75. The van der Waals surface area contributed by atoms with E-state index in [9.17, 15) is 9.50 Å². The molecule has 0 saturated heterocycles. The molecular formula is C17H14FNO. The largest absolute Gasteiger partial charge is 0.507 e. The average Bonchev–Trinajstić information content (AvgIpc) is 2.46. The zero-order valence-corrected chi connectivity index (χ0v) is 11.0. The van der Waals surface area contributed by atoms with E-state index < -0.39 is 6.17 Å². The van der Waals surface area contributed by atoms with Gasteiger partial charge in [0.2, 0.25) is 0 Å². The van der Waals surface area contributed by atoms with Crippen LogP contribution in [0.5, 0.6) is 5.75 Å². The number of fused-ring (bicyclic) bond motifs is 1. The molecule has 20 heavy (non-hydrogen) atoms. The van der Waals surface area contributed by atoms with Crippen molar-refractivity contribution >= 4 is 10.8 Å². The number of alkyl halides is 1. The fourth-order valence-corrected chi connectivity index (χ4v) is 2.30. The summed E-state index contributed by atoms with van der Waals surface area (Å²) >= 11 is 0. The van der Waals surface area contributed by atoms with Crippen molar-refractivity contribution in [3.63, 3.8) is 0 Å². The molecule has 3 rings (SSSR count). The molecule has 0 aliphatic heterocycles. The first-order valence-electron chi connectivity index (χ1n) is 6.49. The van der Waals surface area contributed by atoms with Gasteiger partial charge in [0, 0.05) is 10.9 Å². The first-order valence-corrected chi connectivity index (χ1v) is 6.49. The highest BCUT2D eigenvalue weighted by Gasteiger charge is 2.13. The molecule has 0 bridgehead atoms. The van der Waals surface area contributed by atoms with E-state index in [1.165, 1.54) is 6.92 Å². The zero-order valence-electron chi connectivity index (χ0n) is 11.0. The summed E-state index contributed by atoms with van der Waals surface area (Å²) < 4.78 is 13.6. The molecule has 1 atom stereocenters. The van der Waals surface area contributed by atoms with Gasteiger partial charge in [0.25, 0.3) is 0 Å². The minimum Gasteiger partial charge on any atom is -0.507 e. The van der Waals surface area contributed by atoms with Crippen LogP contribution in [0, 0.1) is 0 Å². The van der Waals surface area contributed by atoms with Crippen LogP contribution in [0.1, 0.15) is 18.8 Å². The van der Waals surface area contributed by atoms with Gasteiger partial charge in [-0.3, -0.25) is 0 Å². The van der Waals surface area contributed by atoms with Crippen molar-refractivity contribution in [1.29, 1.82) is 0 Å². The number of para-hydroxylation sites is 1. The van der Waals surface area contributed by atoms with Crippen LogP contribution < -0.4 is 0 Å². The van der Waals surface area contributed by atoms with Crippen LogP contribution in [-0.4, -0.2) is 10.1 Å². The van der Waals surface area contributed by atoms with Gasteiger partial charge in [0.15, 0.2) is 0 Å². The van der Waals surface area contributed by atoms with Gasteiger partial charge in [-0.05, 0) is 30.5 Å². The summed E-state index contributed by atoms with van der Waals surface area (Å²) in [6.07, 6.45) is -1.15. The molecule has 3 aromatic rings. The lowest BCUT2D eigenvalue weighted by molar-refractivity contribution is 0.366. The molecular weight excluding hydrogens is 253 g/mol. The third kappa shape index (κ3) is 2.11. The van der Waals surface area contributed by atoms with Gasteiger partial charge in [-0.15, -0.1) is 0 Å². The van der Waals surface area contributed by atoms with Crippen molar-refractivity contribution in [1.82, 2.24) is 4.98 Å². The number of pyridine rings is 1. The second-order valence-electron chi connectivity index (χ2n) is 4.75. The maximum Gasteiger partial charge on any atom is 0.139 e. The molecule has 0 fully saturated rings. The molecule has 0 aliphatic rings. The molecule has 2 nitrogen and oxygen atoms in total. The topological polar surface area (TPSA) is 33.1 Å². The van der Waals surface area contributed by atoms with Gasteiger partial charge in [0.05, 0.1) is 11.4 Å². The maximum absolute atomic E-state index is 13.6. The van der Waals surface area contributed by atoms with Crippen molar-refractivity contribution in [2.45, 2.75) is 13.1 Å². The van der Waals surface area contributed by atoms with E-state index in [4.69, 9.17) is 0 Å². The number of benzene rings is 2. The van der Waals surface area contributed by atoms with Crippen LogP contribution in [0.2, 0.25) is 0 Å². The van der Waals surface area contributed by atoms with Crippen molar-refractivity contribution in [3.8, 4) is 17.0 Å². The predicted molar refractivity (Wildman–Crippen MR) is 78.4 cm³/mol. The van der Waals surface area contributed by atoms with E-state index in [1.807, 2.05) is 30.3 Å². The van der Waals surface area contributed by atoms with Crippen molar-refractivity contribution < 1.29 is 9.50 Å². The number of phenolic OH excluding ortho intramolecular Hbond substituents is 1. The highest BCUT2D eigenvalue weighted by Crippen LogP contribution is 2.34. The summed E-state index contributed by atoms with van der Waals surface area (Å²) in [5.74, 6) is 0.147. The third-order valence-electron chi connectivity index (χ3n) is 3.33. The first-order chi connectivity index (χ1) is 9.66. The fraction of sp³-hybridized carbons (Fsp3) is 0.118. The summed E-state index contributed by atoms with van der Waals surface area (Å²) in [6, 6.07) is 16.4. The molecule has 0 radical (unpaired) electrons. The SMILES string of the molecule is CC(F)c1cc2ccccc2c(-c2ccccc2O)n1. The highest BCUT2D eigenvalue weighted by molar-refractivity contribution is 5.96. The van der Waals surface area contributed by atoms with E-state index in [2.05, 4.69) is 4.98 Å². The Bertz CT molecular complexity index is 768. The number of hydrogen-bond acceptors (Lipinski definition) is 2. The van der Waals surface area contributed by atoms with E-state index >= 15 is 0 Å². The number of hydrogen-bond donors (Lipinski definition) is 1. The van der Waals surface area contributed by atoms with E-state index in [1.54, 1.807) is 24.3 Å². The van der Waals surface area contributed by atoms with Gasteiger partial charge < -0.3 is 5.11 Å². The van der Waals surface area contributed by atoms with Crippen LogP contribution in [0.15, 0.2) is 54.6 Å². The lowest BCUT2D eigenvalue weighted by Gasteiger charge is -2.11. The number of rotatable bonds is 2. The van der Waals surface area contributed by atoms with Gasteiger partial charge in [-0.2, -0.15) is 0 Å². The zero-order chi connectivity index (χ0) is 14.1. The van der Waals surface area contributed by atoms with Crippen LogP contribution in [0.3, 0.4) is 0 Å². The molecule has 0 amide bonds. The van der Waals surface area contributed by atoms with E-state index in [0.29, 0.717) is 17.0 Å². The normalized spacial score (nSPS) is 12.5. The van der Waals surface area contributed by atoms with Crippen LogP contribution in [0.4, 0.5) is 4.39 Å². The smallest absolute Gasteiger partial charge is 0.139 e. The maximum atomic E-state index is 13.6. The summed E-state index contributed by atoms with van der Waals surface area (Å²) in [5, 5.41) is 11.8. The fourth-order valence-electron chi connectivity index (χ4n) is 2.30. The quantitative estimate of drug-likeness (QED) is 0.733. The molecule has 1 aromatic heterocycles. The number of aromatic nitrogens is 1. The summed E-state index contributed by atoms with van der Waals surface area (Å²) in [6.45, 7) is 1.46. The Morgan fingerprint density at radius 1 is 1.05 bits per heavy atom. The van der Waals surface area contributed by atoms with Crippen LogP contribution in [-0.2, 0) is 0 Å². The minimum atomic E-state index is -1.15. The molecule has 2 aromatic carbocycles. The lowest BCUT2D eigenvalue weighted by Crippen LogP contribution is -1.95. The predicted octanol–water partition coefficient (Wildman–Crippen LogP) is 4.64. The Hall–Kier alpha value is -2.42. The minimum absolute atomic E-state index is 0.147. The molecule has 0 saturated carbocycles. The second kappa shape index (κ2) is 4.93.